The fraction of sp³-hybridized carbons (Fsp3) is 0.304. The van der Waals surface area contributed by atoms with Crippen molar-refractivity contribution < 1.29 is 13.2 Å². The van der Waals surface area contributed by atoms with Gasteiger partial charge in [-0.05, 0) is 31.0 Å². The van der Waals surface area contributed by atoms with Crippen molar-refractivity contribution in [1.29, 1.82) is 0 Å². The third-order valence-corrected chi connectivity index (χ3v) is 8.00. The van der Waals surface area contributed by atoms with Gasteiger partial charge in [0.05, 0.1) is 29.0 Å². The minimum atomic E-state index is -3.10. The number of para-hydroxylation sites is 1. The van der Waals surface area contributed by atoms with E-state index in [2.05, 4.69) is 22.1 Å². The summed E-state index contributed by atoms with van der Waals surface area (Å²) in [6, 6.07) is 19.1. The Morgan fingerprint density at radius 2 is 1.81 bits per heavy atom. The highest BCUT2D eigenvalue weighted by atomic mass is 32.2. The molecule has 6 nitrogen and oxygen atoms in total. The number of carbonyl (C=O) groups is 1. The molecule has 1 saturated heterocycles. The first-order valence-corrected chi connectivity index (χ1v) is 13.0. The van der Waals surface area contributed by atoms with E-state index in [9.17, 15) is 13.2 Å². The highest BCUT2D eigenvalue weighted by Gasteiger charge is 2.35. The summed E-state index contributed by atoms with van der Waals surface area (Å²) < 4.78 is 24.0. The summed E-state index contributed by atoms with van der Waals surface area (Å²) in [5, 5.41) is 0.698. The Kier molecular flexibility index (Phi) is 6.48. The van der Waals surface area contributed by atoms with Crippen LogP contribution < -0.4 is 4.90 Å². The van der Waals surface area contributed by atoms with Crippen molar-refractivity contribution in [3.63, 3.8) is 0 Å². The monoisotopic (exact) mass is 455 g/mol. The Labute approximate surface area is 187 Å². The number of imidazole rings is 1. The van der Waals surface area contributed by atoms with Crippen LogP contribution in [0.2, 0.25) is 0 Å². The van der Waals surface area contributed by atoms with Crippen LogP contribution in [-0.2, 0) is 21.1 Å². The number of anilines is 1. The maximum Gasteiger partial charge on any atom is 0.237 e. The van der Waals surface area contributed by atoms with Crippen LogP contribution in [0.4, 0.5) is 5.69 Å². The minimum Gasteiger partial charge on any atom is -0.337 e. The summed E-state index contributed by atoms with van der Waals surface area (Å²) in [5.41, 5.74) is 3.86. The zero-order valence-electron chi connectivity index (χ0n) is 17.3. The van der Waals surface area contributed by atoms with Gasteiger partial charge in [-0.2, -0.15) is 0 Å². The number of aromatic amines is 1. The van der Waals surface area contributed by atoms with Gasteiger partial charge in [-0.1, -0.05) is 60.3 Å². The highest BCUT2D eigenvalue weighted by Crippen LogP contribution is 2.27. The second-order valence-electron chi connectivity index (χ2n) is 7.72. The van der Waals surface area contributed by atoms with Crippen molar-refractivity contribution in [2.75, 3.05) is 22.2 Å². The molecule has 31 heavy (non-hydrogen) atoms. The van der Waals surface area contributed by atoms with Gasteiger partial charge in [0.1, 0.15) is 0 Å². The largest absolute Gasteiger partial charge is 0.337 e. The Hall–Kier alpha value is -2.58. The zero-order chi connectivity index (χ0) is 21.8. The molecule has 1 aliphatic heterocycles. The van der Waals surface area contributed by atoms with Gasteiger partial charge in [0.25, 0.3) is 0 Å². The number of hydrogen-bond acceptors (Lipinski definition) is 5. The number of aromatic nitrogens is 2. The van der Waals surface area contributed by atoms with Crippen molar-refractivity contribution in [3.05, 3.63) is 77.6 Å². The van der Waals surface area contributed by atoms with Gasteiger partial charge in [-0.25, -0.2) is 13.4 Å². The number of benzene rings is 2. The first kappa shape index (κ1) is 21.6. The number of nitrogens with zero attached hydrogens (tertiary/aromatic N) is 2. The average molecular weight is 456 g/mol. The molecule has 8 heteroatoms. The standard InChI is InChI=1S/C23H25N3O3S2/c1-17-21(14-18-8-4-2-5-9-18)25-23(24-17)30-15-22(27)26(19-10-6-3-7-11-19)20-12-13-31(28,29)16-20/h2-11,20H,12-16H2,1H3,(H,24,25)/t20-/m0/s1. The molecule has 1 aliphatic rings. The third kappa shape index (κ3) is 5.37. The molecule has 3 aromatic rings. The summed E-state index contributed by atoms with van der Waals surface area (Å²) in [7, 11) is -3.10. The molecule has 4 rings (SSSR count). The van der Waals surface area contributed by atoms with Gasteiger partial charge >= 0.3 is 0 Å². The molecule has 0 aliphatic carbocycles. The molecular weight excluding hydrogens is 430 g/mol. The quantitative estimate of drug-likeness (QED) is 0.550. The van der Waals surface area contributed by atoms with E-state index in [-0.39, 0.29) is 29.2 Å². The van der Waals surface area contributed by atoms with Crippen molar-refractivity contribution in [2.24, 2.45) is 0 Å². The summed E-state index contributed by atoms with van der Waals surface area (Å²) in [6.07, 6.45) is 1.20. The number of carbonyl (C=O) groups excluding carboxylic acids is 1. The Morgan fingerprint density at radius 1 is 1.13 bits per heavy atom. The van der Waals surface area contributed by atoms with Crippen molar-refractivity contribution in [3.8, 4) is 0 Å². The van der Waals surface area contributed by atoms with E-state index >= 15 is 0 Å². The first-order chi connectivity index (χ1) is 14.9. The second kappa shape index (κ2) is 9.28. The van der Waals surface area contributed by atoms with Crippen molar-refractivity contribution in [2.45, 2.75) is 31.0 Å². The maximum absolute atomic E-state index is 13.2. The van der Waals surface area contributed by atoms with Crippen LogP contribution in [0, 0.1) is 6.92 Å². The van der Waals surface area contributed by atoms with E-state index in [1.807, 2.05) is 55.5 Å². The molecule has 1 atom stereocenters. The number of H-pyrrole nitrogens is 1. The lowest BCUT2D eigenvalue weighted by Crippen LogP contribution is -2.42. The Balaban J connectivity index is 1.46. The van der Waals surface area contributed by atoms with E-state index in [0.717, 1.165) is 23.5 Å². The number of sulfone groups is 1. The predicted molar refractivity (Wildman–Crippen MR) is 124 cm³/mol. The Morgan fingerprint density at radius 3 is 2.45 bits per heavy atom. The summed E-state index contributed by atoms with van der Waals surface area (Å²) in [4.78, 5) is 22.8. The van der Waals surface area contributed by atoms with Crippen LogP contribution >= 0.6 is 11.8 Å². The molecule has 1 N–H and O–H groups in total. The second-order valence-corrected chi connectivity index (χ2v) is 10.9. The molecule has 0 saturated carbocycles. The fourth-order valence-corrected chi connectivity index (χ4v) is 6.32. The molecular formula is C23H25N3O3S2. The van der Waals surface area contributed by atoms with Crippen LogP contribution in [0.3, 0.4) is 0 Å². The molecule has 0 bridgehead atoms. The van der Waals surface area contributed by atoms with E-state index in [1.165, 1.54) is 17.3 Å². The number of rotatable bonds is 7. The van der Waals surface area contributed by atoms with Crippen molar-refractivity contribution in [1.82, 2.24) is 9.97 Å². The van der Waals surface area contributed by atoms with Crippen LogP contribution in [0.15, 0.2) is 65.8 Å². The third-order valence-electron chi connectivity index (χ3n) is 5.39. The van der Waals surface area contributed by atoms with Gasteiger partial charge in [-0.15, -0.1) is 0 Å². The predicted octanol–water partition coefficient (Wildman–Crippen LogP) is 3.62. The number of hydrogen-bond donors (Lipinski definition) is 1. The first-order valence-electron chi connectivity index (χ1n) is 10.2. The lowest BCUT2D eigenvalue weighted by Gasteiger charge is -2.28. The van der Waals surface area contributed by atoms with Crippen LogP contribution in [0.25, 0.3) is 0 Å². The molecule has 0 spiro atoms. The van der Waals surface area contributed by atoms with Gasteiger partial charge in [0.15, 0.2) is 15.0 Å². The van der Waals surface area contributed by atoms with Crippen LogP contribution in [0.5, 0.6) is 0 Å². The highest BCUT2D eigenvalue weighted by molar-refractivity contribution is 7.99. The Bertz CT molecular complexity index is 1150. The zero-order valence-corrected chi connectivity index (χ0v) is 19.0. The molecule has 162 valence electrons. The summed E-state index contributed by atoms with van der Waals surface area (Å²) in [6.45, 7) is 1.98. The molecule has 0 radical (unpaired) electrons. The van der Waals surface area contributed by atoms with Crippen molar-refractivity contribution >= 4 is 33.2 Å². The lowest BCUT2D eigenvalue weighted by atomic mass is 10.1. The van der Waals surface area contributed by atoms with Gasteiger partial charge in [-0.3, -0.25) is 4.79 Å². The molecule has 2 heterocycles. The van der Waals surface area contributed by atoms with Gasteiger partial charge in [0, 0.05) is 17.8 Å². The average Bonchev–Trinajstić information content (AvgIpc) is 3.29. The number of nitrogens with one attached hydrogen (secondary N) is 1. The van der Waals surface area contributed by atoms with Gasteiger partial charge in [0.2, 0.25) is 5.91 Å². The number of amides is 1. The molecule has 2 aromatic carbocycles. The van der Waals surface area contributed by atoms with Crippen LogP contribution in [0.1, 0.15) is 23.4 Å². The fourth-order valence-electron chi connectivity index (χ4n) is 3.82. The van der Waals surface area contributed by atoms with E-state index in [0.29, 0.717) is 11.6 Å². The van der Waals surface area contributed by atoms with Gasteiger partial charge < -0.3 is 9.88 Å². The smallest absolute Gasteiger partial charge is 0.237 e. The SMILES string of the molecule is Cc1[nH]c(SCC(=O)N(c2ccccc2)[C@H]2CCS(=O)(=O)C2)nc1Cc1ccccc1. The molecule has 1 amide bonds. The summed E-state index contributed by atoms with van der Waals surface area (Å²) >= 11 is 1.35. The normalized spacial score (nSPS) is 17.5. The number of aryl methyl sites for hydroxylation is 1. The van der Waals surface area contributed by atoms with Crippen LogP contribution in [-0.4, -0.2) is 47.6 Å². The summed E-state index contributed by atoms with van der Waals surface area (Å²) in [5.74, 6) is 0.210. The lowest BCUT2D eigenvalue weighted by molar-refractivity contribution is -0.116. The molecule has 1 aromatic heterocycles. The molecule has 0 unspecified atom stereocenters. The van der Waals surface area contributed by atoms with E-state index < -0.39 is 9.84 Å². The van der Waals surface area contributed by atoms with E-state index in [1.54, 1.807) is 4.90 Å². The topological polar surface area (TPSA) is 83.1 Å². The maximum atomic E-state index is 13.2. The van der Waals surface area contributed by atoms with E-state index in [4.69, 9.17) is 0 Å². The molecule has 1 fully saturated rings. The minimum absolute atomic E-state index is 0.0133. The number of thioether (sulfide) groups is 1.